The van der Waals surface area contributed by atoms with Gasteiger partial charge >= 0.3 is 5.97 Å². The molecule has 1 aliphatic rings. The van der Waals surface area contributed by atoms with Crippen molar-refractivity contribution in [2.24, 2.45) is 7.05 Å². The molecule has 1 aliphatic carbocycles. The van der Waals surface area contributed by atoms with Crippen molar-refractivity contribution >= 4 is 27.1 Å². The molecule has 1 aromatic carbocycles. The maximum Gasteiger partial charge on any atom is 0.348 e. The summed E-state index contributed by atoms with van der Waals surface area (Å²) in [6.45, 7) is 2.07. The minimum atomic E-state index is -3.28. The number of carbonyl (C=O) groups is 1. The Morgan fingerprint density at radius 2 is 1.97 bits per heavy atom. The van der Waals surface area contributed by atoms with Gasteiger partial charge in [0.1, 0.15) is 10.6 Å². The van der Waals surface area contributed by atoms with Gasteiger partial charge in [-0.25, -0.2) is 13.2 Å². The summed E-state index contributed by atoms with van der Waals surface area (Å²) >= 11 is 1.25. The molecule has 3 aromatic rings. The summed E-state index contributed by atoms with van der Waals surface area (Å²) in [5.41, 5.74) is 3.80. The van der Waals surface area contributed by atoms with Gasteiger partial charge < -0.3 is 9.47 Å². The Bertz CT molecular complexity index is 1190. The van der Waals surface area contributed by atoms with Crippen LogP contribution in [0.15, 0.2) is 35.4 Å². The van der Waals surface area contributed by atoms with Crippen LogP contribution in [0.5, 0.6) is 10.8 Å². The van der Waals surface area contributed by atoms with E-state index in [-0.39, 0.29) is 10.9 Å². The number of carbonyl (C=O) groups excluding carboxylic acids is 1. The van der Waals surface area contributed by atoms with E-state index in [0.29, 0.717) is 28.7 Å². The summed E-state index contributed by atoms with van der Waals surface area (Å²) in [5, 5.41) is 4.93. The second-order valence-corrected chi connectivity index (χ2v) is 9.78. The summed E-state index contributed by atoms with van der Waals surface area (Å²) in [7, 11) is -1.42. The van der Waals surface area contributed by atoms with E-state index in [9.17, 15) is 13.2 Å². The highest BCUT2D eigenvalue weighted by molar-refractivity contribution is 7.90. The van der Waals surface area contributed by atoms with Crippen LogP contribution in [0, 0.1) is 0 Å². The molecule has 4 rings (SSSR count). The molecular weight excluding hydrogens is 412 g/mol. The fraction of sp³-hybridized carbons (Fsp3) is 0.300. The maximum atomic E-state index is 12.5. The van der Waals surface area contributed by atoms with Crippen molar-refractivity contribution in [3.63, 3.8) is 0 Å². The number of esters is 1. The fourth-order valence-electron chi connectivity index (χ4n) is 3.46. The molecule has 0 radical (unpaired) electrons. The van der Waals surface area contributed by atoms with Gasteiger partial charge in [0, 0.05) is 13.3 Å². The number of fused-ring (bicyclic) bond motifs is 3. The third-order valence-corrected chi connectivity index (χ3v) is 7.01. The van der Waals surface area contributed by atoms with Crippen molar-refractivity contribution in [3.8, 4) is 22.1 Å². The number of aromatic nitrogens is 2. The van der Waals surface area contributed by atoms with Gasteiger partial charge in [0.25, 0.3) is 0 Å². The number of sulfone groups is 1. The quantitative estimate of drug-likeness (QED) is 0.572. The number of ether oxygens (including phenoxy) is 2. The second-order valence-electron chi connectivity index (χ2n) is 6.78. The second kappa shape index (κ2) is 7.31. The molecule has 0 N–H and O–H groups in total. The van der Waals surface area contributed by atoms with E-state index in [1.165, 1.54) is 23.5 Å². The first-order chi connectivity index (χ1) is 13.8. The van der Waals surface area contributed by atoms with Crippen LogP contribution in [0.4, 0.5) is 0 Å². The lowest BCUT2D eigenvalue weighted by molar-refractivity contribution is 0.0531. The Labute approximate surface area is 172 Å². The van der Waals surface area contributed by atoms with Gasteiger partial charge in [0.15, 0.2) is 14.9 Å². The fourth-order valence-corrected chi connectivity index (χ4v) is 5.21. The van der Waals surface area contributed by atoms with Crippen molar-refractivity contribution < 1.29 is 22.7 Å². The van der Waals surface area contributed by atoms with Gasteiger partial charge in [-0.15, -0.1) is 0 Å². The third kappa shape index (κ3) is 3.56. The average molecular weight is 433 g/mol. The Morgan fingerprint density at radius 1 is 1.24 bits per heavy atom. The first kappa shape index (κ1) is 19.7. The summed E-state index contributed by atoms with van der Waals surface area (Å²) in [4.78, 5) is 13.3. The highest BCUT2D eigenvalue weighted by Crippen LogP contribution is 2.48. The molecule has 0 amide bonds. The first-order valence-electron chi connectivity index (χ1n) is 9.11. The highest BCUT2D eigenvalue weighted by Gasteiger charge is 2.32. The normalized spacial score (nSPS) is 12.9. The van der Waals surface area contributed by atoms with Crippen molar-refractivity contribution in [2.45, 2.75) is 24.7 Å². The number of thiophene rings is 1. The average Bonchev–Trinajstić information content (AvgIpc) is 3.22. The number of benzene rings is 1. The summed E-state index contributed by atoms with van der Waals surface area (Å²) in [6.07, 6.45) is 4.50. The van der Waals surface area contributed by atoms with Crippen molar-refractivity contribution in [1.82, 2.24) is 9.78 Å². The van der Waals surface area contributed by atoms with E-state index in [0.717, 1.165) is 35.1 Å². The number of aryl methyl sites for hydroxylation is 2. The van der Waals surface area contributed by atoms with Crippen molar-refractivity contribution in [1.29, 1.82) is 0 Å². The van der Waals surface area contributed by atoms with E-state index in [4.69, 9.17) is 9.47 Å². The Balaban J connectivity index is 1.80. The molecule has 2 aromatic heterocycles. The van der Waals surface area contributed by atoms with Crippen LogP contribution in [0.2, 0.25) is 0 Å². The van der Waals surface area contributed by atoms with Crippen LogP contribution in [-0.4, -0.2) is 37.0 Å². The first-order valence-corrected chi connectivity index (χ1v) is 11.8. The van der Waals surface area contributed by atoms with Crippen LogP contribution < -0.4 is 4.74 Å². The molecule has 9 heteroatoms. The standard InChI is InChI=1S/C20H20N2O5S2/c1-4-26-19(23)18-15-10-5-12-11-21-22(2)17(12)16(15)20(28-18)27-13-6-8-14(9-7-13)29(3,24)25/h6-9,11H,4-5,10H2,1-3H3. The summed E-state index contributed by atoms with van der Waals surface area (Å²) in [5.74, 6) is 0.132. The van der Waals surface area contributed by atoms with Crippen molar-refractivity contribution in [2.75, 3.05) is 12.9 Å². The summed E-state index contributed by atoms with van der Waals surface area (Å²) in [6, 6.07) is 6.23. The van der Waals surface area contributed by atoms with Crippen LogP contribution in [0.25, 0.3) is 11.3 Å². The molecule has 7 nitrogen and oxygen atoms in total. The molecule has 0 spiro atoms. The monoisotopic (exact) mass is 432 g/mol. The van der Waals surface area contributed by atoms with Gasteiger partial charge in [0.2, 0.25) is 0 Å². The molecule has 0 bridgehead atoms. The number of rotatable bonds is 5. The lowest BCUT2D eigenvalue weighted by Gasteiger charge is -2.16. The Kier molecular flexibility index (Phi) is 4.95. The molecule has 0 aliphatic heterocycles. The molecular formula is C20H20N2O5S2. The molecule has 0 saturated heterocycles. The zero-order valence-corrected chi connectivity index (χ0v) is 17.9. The minimum Gasteiger partial charge on any atom is -0.462 e. The van der Waals surface area contributed by atoms with Crippen LogP contribution in [-0.2, 0) is 34.5 Å². The van der Waals surface area contributed by atoms with E-state index >= 15 is 0 Å². The van der Waals surface area contributed by atoms with Crippen LogP contribution >= 0.6 is 11.3 Å². The number of hydrogen-bond acceptors (Lipinski definition) is 7. The Morgan fingerprint density at radius 3 is 2.62 bits per heavy atom. The third-order valence-electron chi connectivity index (χ3n) is 4.79. The number of hydrogen-bond donors (Lipinski definition) is 0. The molecule has 29 heavy (non-hydrogen) atoms. The van der Waals surface area contributed by atoms with Gasteiger partial charge in [-0.3, -0.25) is 4.68 Å². The maximum absolute atomic E-state index is 12.5. The SMILES string of the molecule is CCOC(=O)c1sc(Oc2ccc(S(C)(=O)=O)cc2)c2c1CCc1cnn(C)c1-2. The zero-order chi connectivity index (χ0) is 20.8. The molecule has 152 valence electrons. The lowest BCUT2D eigenvalue weighted by atomic mass is 9.91. The lowest BCUT2D eigenvalue weighted by Crippen LogP contribution is -2.10. The summed E-state index contributed by atoms with van der Waals surface area (Å²) < 4.78 is 36.5. The van der Waals surface area contributed by atoms with E-state index in [1.807, 2.05) is 13.2 Å². The molecule has 0 fully saturated rings. The minimum absolute atomic E-state index is 0.221. The molecule has 0 saturated carbocycles. The van der Waals surface area contributed by atoms with Gasteiger partial charge in [-0.05, 0) is 55.2 Å². The highest BCUT2D eigenvalue weighted by atomic mass is 32.2. The van der Waals surface area contributed by atoms with E-state index in [1.54, 1.807) is 23.7 Å². The molecule has 0 unspecified atom stereocenters. The topological polar surface area (TPSA) is 87.5 Å². The van der Waals surface area contributed by atoms with E-state index in [2.05, 4.69) is 5.10 Å². The van der Waals surface area contributed by atoms with Crippen molar-refractivity contribution in [3.05, 3.63) is 46.5 Å². The molecule has 2 heterocycles. The van der Waals surface area contributed by atoms with Crippen LogP contribution in [0.1, 0.15) is 27.7 Å². The zero-order valence-electron chi connectivity index (χ0n) is 16.3. The number of nitrogens with zero attached hydrogens (tertiary/aromatic N) is 2. The van der Waals surface area contributed by atoms with Gasteiger partial charge in [0.05, 0.1) is 29.0 Å². The van der Waals surface area contributed by atoms with Crippen LogP contribution in [0.3, 0.4) is 0 Å². The Hall–Kier alpha value is -2.65. The smallest absolute Gasteiger partial charge is 0.348 e. The predicted molar refractivity (Wildman–Crippen MR) is 110 cm³/mol. The van der Waals surface area contributed by atoms with Gasteiger partial charge in [-0.2, -0.15) is 5.10 Å². The molecule has 0 atom stereocenters. The predicted octanol–water partition coefficient (Wildman–Crippen LogP) is 3.62. The van der Waals surface area contributed by atoms with E-state index < -0.39 is 9.84 Å². The largest absolute Gasteiger partial charge is 0.462 e. The van der Waals surface area contributed by atoms with Gasteiger partial charge in [-0.1, -0.05) is 11.3 Å².